The van der Waals surface area contributed by atoms with Gasteiger partial charge in [0.25, 0.3) is 0 Å². The molecular weight excluding hydrogens is 344 g/mol. The molecule has 2 nitrogen and oxygen atoms in total. The molecule has 1 aliphatic rings. The average molecular weight is 356 g/mol. The number of piperidine rings is 1. The summed E-state index contributed by atoms with van der Waals surface area (Å²) in [6.45, 7) is -0.0717. The Labute approximate surface area is 114 Å². The summed E-state index contributed by atoms with van der Waals surface area (Å²) in [4.78, 5) is 12.3. The van der Waals surface area contributed by atoms with Crippen molar-refractivity contribution in [2.75, 3.05) is 11.9 Å². The SMILES string of the molecule is O=C(C(C(F)(F)F)C(F)(F)F)N1CCCCC1CBr. The molecule has 1 unspecified atom stereocenters. The molecule has 9 heteroatoms. The smallest absolute Gasteiger partial charge is 0.338 e. The molecule has 0 spiro atoms. The van der Waals surface area contributed by atoms with Gasteiger partial charge in [0.15, 0.2) is 0 Å². The van der Waals surface area contributed by atoms with Gasteiger partial charge < -0.3 is 4.90 Å². The number of rotatable bonds is 2. The van der Waals surface area contributed by atoms with Crippen molar-refractivity contribution in [1.29, 1.82) is 0 Å². The number of carbonyl (C=O) groups excluding carboxylic acids is 1. The Kier molecular flexibility index (Phi) is 5.14. The summed E-state index contributed by atoms with van der Waals surface area (Å²) >= 11 is 3.01. The third-order valence-corrected chi connectivity index (χ3v) is 3.74. The zero-order valence-electron chi connectivity index (χ0n) is 9.69. The van der Waals surface area contributed by atoms with Crippen LogP contribution in [0.2, 0.25) is 0 Å². The van der Waals surface area contributed by atoms with Crippen molar-refractivity contribution in [3.8, 4) is 0 Å². The van der Waals surface area contributed by atoms with E-state index in [4.69, 9.17) is 0 Å². The van der Waals surface area contributed by atoms with Crippen LogP contribution in [0.15, 0.2) is 0 Å². The molecule has 1 rings (SSSR count). The minimum Gasteiger partial charge on any atom is -0.338 e. The molecule has 1 fully saturated rings. The second-order valence-electron chi connectivity index (χ2n) is 4.35. The van der Waals surface area contributed by atoms with Crippen LogP contribution >= 0.6 is 15.9 Å². The summed E-state index contributed by atoms with van der Waals surface area (Å²) in [5.41, 5.74) is 0. The predicted molar refractivity (Wildman–Crippen MR) is 58.7 cm³/mol. The minimum atomic E-state index is -5.62. The van der Waals surface area contributed by atoms with E-state index >= 15 is 0 Å². The second kappa shape index (κ2) is 5.88. The van der Waals surface area contributed by atoms with E-state index in [0.717, 1.165) is 0 Å². The van der Waals surface area contributed by atoms with E-state index in [1.807, 2.05) is 0 Å². The first-order valence-electron chi connectivity index (χ1n) is 5.59. The van der Waals surface area contributed by atoms with Crippen molar-refractivity contribution in [3.05, 3.63) is 0 Å². The minimum absolute atomic E-state index is 0.0717. The Morgan fingerprint density at radius 1 is 1.16 bits per heavy atom. The van der Waals surface area contributed by atoms with Gasteiger partial charge in [0.1, 0.15) is 0 Å². The van der Waals surface area contributed by atoms with Crippen LogP contribution in [0.25, 0.3) is 0 Å². The Morgan fingerprint density at radius 3 is 2.11 bits per heavy atom. The van der Waals surface area contributed by atoms with Crippen molar-refractivity contribution >= 4 is 21.8 Å². The molecule has 0 bridgehead atoms. The molecule has 19 heavy (non-hydrogen) atoms. The van der Waals surface area contributed by atoms with Gasteiger partial charge in [-0.1, -0.05) is 15.9 Å². The third kappa shape index (κ3) is 4.00. The molecular formula is C10H12BrF6NO. The van der Waals surface area contributed by atoms with Crippen LogP contribution in [0.5, 0.6) is 0 Å². The van der Waals surface area contributed by atoms with Crippen LogP contribution < -0.4 is 0 Å². The summed E-state index contributed by atoms with van der Waals surface area (Å²) < 4.78 is 74.8. The van der Waals surface area contributed by atoms with Gasteiger partial charge in [-0.15, -0.1) is 0 Å². The van der Waals surface area contributed by atoms with Crippen LogP contribution in [-0.2, 0) is 4.79 Å². The number of amides is 1. The van der Waals surface area contributed by atoms with Gasteiger partial charge in [-0.3, -0.25) is 4.79 Å². The second-order valence-corrected chi connectivity index (χ2v) is 5.00. The van der Waals surface area contributed by atoms with E-state index in [-0.39, 0.29) is 11.9 Å². The van der Waals surface area contributed by atoms with E-state index in [0.29, 0.717) is 24.2 Å². The predicted octanol–water partition coefficient (Wildman–Crippen LogP) is 3.50. The highest BCUT2D eigenvalue weighted by Gasteiger charge is 2.62. The lowest BCUT2D eigenvalue weighted by atomic mass is 9.99. The quantitative estimate of drug-likeness (QED) is 0.548. The number of likely N-dealkylation sites (tertiary alicyclic amines) is 1. The zero-order valence-corrected chi connectivity index (χ0v) is 11.3. The van der Waals surface area contributed by atoms with Gasteiger partial charge in [-0.2, -0.15) is 26.3 Å². The lowest BCUT2D eigenvalue weighted by Crippen LogP contribution is -2.54. The average Bonchev–Trinajstić information content (AvgIpc) is 2.24. The standard InChI is InChI=1S/C10H12BrF6NO/c11-5-6-3-1-2-4-18(6)8(19)7(9(12,13)14)10(15,16)17/h6-7H,1-5H2. The number of halogens is 7. The Hall–Kier alpha value is -0.470. The van der Waals surface area contributed by atoms with Gasteiger partial charge in [0.05, 0.1) is 0 Å². The molecule has 0 aromatic rings. The molecule has 1 heterocycles. The molecule has 0 N–H and O–H groups in total. The maximum Gasteiger partial charge on any atom is 0.409 e. The van der Waals surface area contributed by atoms with Crippen molar-refractivity contribution in [2.24, 2.45) is 5.92 Å². The maximum atomic E-state index is 12.5. The van der Waals surface area contributed by atoms with E-state index in [9.17, 15) is 31.1 Å². The van der Waals surface area contributed by atoms with Crippen molar-refractivity contribution in [1.82, 2.24) is 4.90 Å². The van der Waals surface area contributed by atoms with E-state index in [1.165, 1.54) is 0 Å². The third-order valence-electron chi connectivity index (χ3n) is 2.99. The van der Waals surface area contributed by atoms with Gasteiger partial charge in [-0.25, -0.2) is 0 Å². The van der Waals surface area contributed by atoms with E-state index in [2.05, 4.69) is 15.9 Å². The molecule has 1 saturated heterocycles. The molecule has 112 valence electrons. The highest BCUT2D eigenvalue weighted by atomic mass is 79.9. The fraction of sp³-hybridized carbons (Fsp3) is 0.900. The van der Waals surface area contributed by atoms with Gasteiger partial charge in [0, 0.05) is 17.9 Å². The van der Waals surface area contributed by atoms with E-state index < -0.39 is 30.2 Å². The summed E-state index contributed by atoms with van der Waals surface area (Å²) in [5.74, 6) is -5.83. The number of carbonyl (C=O) groups is 1. The normalized spacial score (nSPS) is 21.9. The van der Waals surface area contributed by atoms with Crippen LogP contribution in [0, 0.1) is 5.92 Å². The first-order valence-corrected chi connectivity index (χ1v) is 6.71. The lowest BCUT2D eigenvalue weighted by Gasteiger charge is -2.37. The fourth-order valence-corrected chi connectivity index (χ4v) is 2.76. The summed E-state index contributed by atoms with van der Waals surface area (Å²) in [6.07, 6.45) is -9.74. The summed E-state index contributed by atoms with van der Waals surface area (Å²) in [7, 11) is 0. The topological polar surface area (TPSA) is 20.3 Å². The first kappa shape index (κ1) is 16.6. The molecule has 0 aromatic carbocycles. The van der Waals surface area contributed by atoms with Crippen molar-refractivity contribution in [3.63, 3.8) is 0 Å². The number of hydrogen-bond acceptors (Lipinski definition) is 1. The lowest BCUT2D eigenvalue weighted by molar-refractivity contribution is -0.278. The van der Waals surface area contributed by atoms with Crippen LogP contribution in [0.4, 0.5) is 26.3 Å². The van der Waals surface area contributed by atoms with E-state index in [1.54, 1.807) is 0 Å². The fourth-order valence-electron chi connectivity index (χ4n) is 2.08. The molecule has 1 aliphatic heterocycles. The Morgan fingerprint density at radius 2 is 1.68 bits per heavy atom. The largest absolute Gasteiger partial charge is 0.409 e. The molecule has 1 amide bonds. The Bertz CT molecular complexity index is 315. The molecule has 0 saturated carbocycles. The van der Waals surface area contributed by atoms with Crippen molar-refractivity contribution < 1.29 is 31.1 Å². The highest BCUT2D eigenvalue weighted by molar-refractivity contribution is 9.09. The Balaban J connectivity index is 2.99. The highest BCUT2D eigenvalue weighted by Crippen LogP contribution is 2.41. The number of alkyl halides is 7. The number of hydrogen-bond donors (Lipinski definition) is 0. The summed E-state index contributed by atoms with van der Waals surface area (Å²) in [5, 5.41) is 0.168. The van der Waals surface area contributed by atoms with Crippen LogP contribution in [-0.4, -0.2) is 41.1 Å². The molecule has 0 radical (unpaired) electrons. The van der Waals surface area contributed by atoms with Crippen LogP contribution in [0.3, 0.4) is 0 Å². The van der Waals surface area contributed by atoms with Crippen molar-refractivity contribution in [2.45, 2.75) is 37.7 Å². The number of nitrogens with zero attached hydrogens (tertiary/aromatic N) is 1. The van der Waals surface area contributed by atoms with Gasteiger partial charge >= 0.3 is 12.4 Å². The molecule has 0 aliphatic carbocycles. The molecule has 1 atom stereocenters. The van der Waals surface area contributed by atoms with Gasteiger partial charge in [0.2, 0.25) is 11.8 Å². The summed E-state index contributed by atoms with van der Waals surface area (Å²) in [6, 6.07) is -0.617. The molecule has 0 aromatic heterocycles. The van der Waals surface area contributed by atoms with Gasteiger partial charge in [-0.05, 0) is 19.3 Å². The monoisotopic (exact) mass is 355 g/mol. The maximum absolute atomic E-state index is 12.5. The first-order chi connectivity index (χ1) is 8.59. The zero-order chi connectivity index (χ0) is 14.8. The van der Waals surface area contributed by atoms with Crippen LogP contribution in [0.1, 0.15) is 19.3 Å².